The first-order valence-corrected chi connectivity index (χ1v) is 10.4. The lowest BCUT2D eigenvalue weighted by atomic mass is 9.51. The van der Waals surface area contributed by atoms with Crippen LogP contribution < -0.4 is 9.47 Å². The summed E-state index contributed by atoms with van der Waals surface area (Å²) in [7, 11) is 0. The van der Waals surface area contributed by atoms with E-state index in [2.05, 4.69) is 42.7 Å². The Kier molecular flexibility index (Phi) is 3.69. The zero-order chi connectivity index (χ0) is 18.8. The van der Waals surface area contributed by atoms with E-state index in [-0.39, 0.29) is 22.9 Å². The molecule has 2 bridgehead atoms. The smallest absolute Gasteiger partial charge is 0.320 e. The molecule has 146 valence electrons. The number of hydrogen-bond acceptors (Lipinski definition) is 3. The van der Waals surface area contributed by atoms with Crippen LogP contribution in [0.15, 0.2) is 12.1 Å². The molecule has 3 heterocycles. The van der Waals surface area contributed by atoms with Crippen LogP contribution in [0.5, 0.6) is 11.5 Å². The van der Waals surface area contributed by atoms with E-state index in [9.17, 15) is 4.79 Å². The van der Waals surface area contributed by atoms with Crippen LogP contribution in [-0.2, 0) is 11.8 Å². The molecular weight excluding hydrogens is 340 g/mol. The van der Waals surface area contributed by atoms with Gasteiger partial charge in [-0.3, -0.25) is 0 Å². The van der Waals surface area contributed by atoms with Crippen LogP contribution in [0.3, 0.4) is 0 Å². The lowest BCUT2D eigenvalue weighted by Gasteiger charge is -2.61. The Morgan fingerprint density at radius 2 is 1.74 bits per heavy atom. The molecule has 27 heavy (non-hydrogen) atoms. The van der Waals surface area contributed by atoms with Gasteiger partial charge in [-0.25, -0.2) is 4.79 Å². The monoisotopic (exact) mass is 370 g/mol. The number of carbonyl (C=O) groups is 1. The van der Waals surface area contributed by atoms with Gasteiger partial charge in [0.2, 0.25) is 6.79 Å². The largest absolute Gasteiger partial charge is 0.454 e. The van der Waals surface area contributed by atoms with Crippen molar-refractivity contribution in [3.63, 3.8) is 0 Å². The van der Waals surface area contributed by atoms with Crippen molar-refractivity contribution < 1.29 is 14.3 Å². The van der Waals surface area contributed by atoms with Crippen molar-refractivity contribution in [1.82, 2.24) is 9.80 Å². The number of amides is 2. The van der Waals surface area contributed by atoms with E-state index in [0.717, 1.165) is 56.8 Å². The molecule has 2 saturated heterocycles. The molecule has 0 saturated carbocycles. The number of benzene rings is 1. The highest BCUT2D eigenvalue weighted by atomic mass is 16.7. The van der Waals surface area contributed by atoms with Crippen LogP contribution in [0.2, 0.25) is 0 Å². The molecule has 4 aliphatic rings. The van der Waals surface area contributed by atoms with Crippen molar-refractivity contribution in [3.05, 3.63) is 23.3 Å². The fourth-order valence-electron chi connectivity index (χ4n) is 5.80. The number of hydrogen-bond donors (Lipinski definition) is 0. The minimum atomic E-state index is 0.0113. The summed E-state index contributed by atoms with van der Waals surface area (Å²) in [4.78, 5) is 17.6. The quantitative estimate of drug-likeness (QED) is 0.695. The van der Waals surface area contributed by atoms with E-state index in [0.29, 0.717) is 6.79 Å². The first-order valence-electron chi connectivity index (χ1n) is 10.4. The van der Waals surface area contributed by atoms with Gasteiger partial charge in [0.1, 0.15) is 0 Å². The molecule has 1 aromatic rings. The minimum absolute atomic E-state index is 0.0113. The van der Waals surface area contributed by atoms with Gasteiger partial charge in [0.15, 0.2) is 11.5 Å². The summed E-state index contributed by atoms with van der Waals surface area (Å²) in [6.45, 7) is 10.0. The number of carbonyl (C=O) groups excluding carboxylic acids is 1. The van der Waals surface area contributed by atoms with Gasteiger partial charge in [-0.1, -0.05) is 20.8 Å². The third-order valence-electron chi connectivity index (χ3n) is 7.96. The summed E-state index contributed by atoms with van der Waals surface area (Å²) in [5.41, 5.74) is 2.75. The van der Waals surface area contributed by atoms with Crippen LogP contribution in [0.1, 0.15) is 57.6 Å². The summed E-state index contributed by atoms with van der Waals surface area (Å²) in [6, 6.07) is 4.84. The lowest BCUT2D eigenvalue weighted by Crippen LogP contribution is -2.66. The van der Waals surface area contributed by atoms with Crippen LogP contribution in [-0.4, -0.2) is 48.3 Å². The Bertz CT molecular complexity index is 784. The van der Waals surface area contributed by atoms with E-state index in [1.165, 1.54) is 17.5 Å². The lowest BCUT2D eigenvalue weighted by molar-refractivity contribution is -0.0242. The maximum atomic E-state index is 13.4. The van der Waals surface area contributed by atoms with Gasteiger partial charge in [-0.15, -0.1) is 0 Å². The Morgan fingerprint density at radius 1 is 1.04 bits per heavy atom. The molecule has 5 rings (SSSR count). The second kappa shape index (κ2) is 5.79. The number of ether oxygens (including phenoxy) is 2. The average Bonchev–Trinajstić information content (AvgIpc) is 3.11. The second-order valence-corrected chi connectivity index (χ2v) is 9.41. The van der Waals surface area contributed by atoms with Crippen LogP contribution in [0.25, 0.3) is 0 Å². The van der Waals surface area contributed by atoms with Crippen LogP contribution in [0.4, 0.5) is 4.79 Å². The maximum Gasteiger partial charge on any atom is 0.320 e. The molecule has 2 fully saturated rings. The summed E-state index contributed by atoms with van der Waals surface area (Å²) >= 11 is 0. The third-order valence-corrected chi connectivity index (χ3v) is 7.96. The van der Waals surface area contributed by atoms with E-state index in [1.807, 2.05) is 0 Å². The highest BCUT2D eigenvalue weighted by molar-refractivity contribution is 5.76. The normalized spacial score (nSPS) is 30.9. The third kappa shape index (κ3) is 2.33. The van der Waals surface area contributed by atoms with Crippen molar-refractivity contribution >= 4 is 6.03 Å². The minimum Gasteiger partial charge on any atom is -0.454 e. The summed E-state index contributed by atoms with van der Waals surface area (Å²) in [6.07, 6.45) is 5.41. The highest BCUT2D eigenvalue weighted by Gasteiger charge is 2.57. The van der Waals surface area contributed by atoms with Gasteiger partial charge in [0, 0.05) is 31.1 Å². The predicted molar refractivity (Wildman–Crippen MR) is 103 cm³/mol. The van der Waals surface area contributed by atoms with E-state index >= 15 is 0 Å². The van der Waals surface area contributed by atoms with Gasteiger partial charge in [-0.2, -0.15) is 0 Å². The van der Waals surface area contributed by atoms with Crippen molar-refractivity contribution in [1.29, 1.82) is 0 Å². The van der Waals surface area contributed by atoms with Gasteiger partial charge < -0.3 is 19.3 Å². The Morgan fingerprint density at radius 3 is 2.48 bits per heavy atom. The SMILES string of the molecule is CC12CCN(C(=O)N3CCCCC3)C(Cc3cc4c(cc31)OCO4)C2(C)C. The molecule has 0 radical (unpaired) electrons. The first-order chi connectivity index (χ1) is 12.9. The molecule has 0 N–H and O–H groups in total. The number of likely N-dealkylation sites (tertiary alicyclic amines) is 2. The Labute approximate surface area is 161 Å². The number of fused-ring (bicyclic) bond motifs is 5. The summed E-state index contributed by atoms with van der Waals surface area (Å²) in [5.74, 6) is 1.72. The summed E-state index contributed by atoms with van der Waals surface area (Å²) < 4.78 is 11.3. The zero-order valence-electron chi connectivity index (χ0n) is 16.7. The van der Waals surface area contributed by atoms with Crippen molar-refractivity contribution in [2.75, 3.05) is 26.4 Å². The summed E-state index contributed by atoms with van der Waals surface area (Å²) in [5, 5.41) is 0. The molecule has 0 spiro atoms. The fourth-order valence-corrected chi connectivity index (χ4v) is 5.80. The molecular formula is C22H30N2O3. The number of nitrogens with zero attached hydrogens (tertiary/aromatic N) is 2. The maximum absolute atomic E-state index is 13.4. The molecule has 2 amide bonds. The fraction of sp³-hybridized carbons (Fsp3) is 0.682. The molecule has 1 aromatic carbocycles. The molecule has 2 atom stereocenters. The molecule has 0 aromatic heterocycles. The highest BCUT2D eigenvalue weighted by Crippen LogP contribution is 2.57. The molecule has 3 aliphatic heterocycles. The van der Waals surface area contributed by atoms with E-state index in [1.54, 1.807) is 0 Å². The number of piperidine rings is 2. The van der Waals surface area contributed by atoms with Crippen LogP contribution in [0, 0.1) is 5.41 Å². The van der Waals surface area contributed by atoms with E-state index in [4.69, 9.17) is 9.47 Å². The molecule has 5 heteroatoms. The van der Waals surface area contributed by atoms with Gasteiger partial charge >= 0.3 is 6.03 Å². The first kappa shape index (κ1) is 17.2. The van der Waals surface area contributed by atoms with Crippen LogP contribution >= 0.6 is 0 Å². The van der Waals surface area contributed by atoms with E-state index < -0.39 is 0 Å². The van der Waals surface area contributed by atoms with Crippen molar-refractivity contribution in [2.24, 2.45) is 5.41 Å². The second-order valence-electron chi connectivity index (χ2n) is 9.41. The Hall–Kier alpha value is -1.91. The van der Waals surface area contributed by atoms with Crippen molar-refractivity contribution in [3.8, 4) is 11.5 Å². The number of rotatable bonds is 0. The van der Waals surface area contributed by atoms with Gasteiger partial charge in [-0.05, 0) is 60.8 Å². The predicted octanol–water partition coefficient (Wildman–Crippen LogP) is 3.94. The topological polar surface area (TPSA) is 42.0 Å². The number of urea groups is 1. The van der Waals surface area contributed by atoms with Gasteiger partial charge in [0.05, 0.1) is 0 Å². The van der Waals surface area contributed by atoms with Gasteiger partial charge in [0.25, 0.3) is 0 Å². The van der Waals surface area contributed by atoms with Crippen molar-refractivity contribution in [2.45, 2.75) is 64.3 Å². The zero-order valence-corrected chi connectivity index (χ0v) is 16.7. The molecule has 5 nitrogen and oxygen atoms in total. The molecule has 2 unspecified atom stereocenters. The average molecular weight is 370 g/mol. The Balaban J connectivity index is 1.53. The standard InChI is InChI=1S/C22H30N2O3/c1-21(2)19-12-15-11-17-18(27-14-26-17)13-16(15)22(21,3)7-10-24(19)20(25)23-8-5-4-6-9-23/h11,13,19H,4-10,12,14H2,1-3H3. The molecule has 1 aliphatic carbocycles.